The van der Waals surface area contributed by atoms with Crippen molar-refractivity contribution in [1.29, 1.82) is 0 Å². The summed E-state index contributed by atoms with van der Waals surface area (Å²) in [6, 6.07) is 5.13. The third kappa shape index (κ3) is 4.98. The van der Waals surface area contributed by atoms with E-state index in [1.165, 1.54) is 6.08 Å². The van der Waals surface area contributed by atoms with Crippen LogP contribution in [-0.4, -0.2) is 36.5 Å². The highest BCUT2D eigenvalue weighted by Crippen LogP contribution is 2.23. The zero-order chi connectivity index (χ0) is 16.8. The molecule has 0 aliphatic carbocycles. The molecule has 0 unspecified atom stereocenters. The molecule has 0 aromatic heterocycles. The fourth-order valence-corrected chi connectivity index (χ4v) is 2.97. The Labute approximate surface area is 146 Å². The van der Waals surface area contributed by atoms with Crippen LogP contribution < -0.4 is 0 Å². The average molecular weight is 356 g/mol. The molecule has 1 aliphatic rings. The molecule has 124 valence electrons. The van der Waals surface area contributed by atoms with Crippen LogP contribution in [0.15, 0.2) is 24.3 Å². The Kier molecular flexibility index (Phi) is 6.48. The number of ether oxygens (including phenoxy) is 1. The molecule has 0 saturated carbocycles. The van der Waals surface area contributed by atoms with Gasteiger partial charge in [0, 0.05) is 29.2 Å². The van der Waals surface area contributed by atoms with E-state index < -0.39 is 0 Å². The van der Waals surface area contributed by atoms with E-state index in [-0.39, 0.29) is 17.8 Å². The summed E-state index contributed by atoms with van der Waals surface area (Å²) in [7, 11) is 0. The maximum absolute atomic E-state index is 12.2. The first-order chi connectivity index (χ1) is 11.0. The number of nitrogens with zero attached hydrogens (tertiary/aromatic N) is 1. The first-order valence-electron chi connectivity index (χ1n) is 7.60. The molecule has 1 saturated heterocycles. The van der Waals surface area contributed by atoms with Gasteiger partial charge in [-0.3, -0.25) is 9.59 Å². The van der Waals surface area contributed by atoms with Crippen LogP contribution in [-0.2, 0) is 14.3 Å². The van der Waals surface area contributed by atoms with Gasteiger partial charge in [0.1, 0.15) is 0 Å². The second-order valence-electron chi connectivity index (χ2n) is 5.35. The number of carbonyl (C=O) groups is 2. The maximum Gasteiger partial charge on any atom is 0.309 e. The van der Waals surface area contributed by atoms with Crippen molar-refractivity contribution in [2.75, 3.05) is 19.7 Å². The van der Waals surface area contributed by atoms with E-state index in [9.17, 15) is 9.59 Å². The summed E-state index contributed by atoms with van der Waals surface area (Å²) < 4.78 is 5.02. The molecule has 1 heterocycles. The van der Waals surface area contributed by atoms with Crippen LogP contribution in [0.5, 0.6) is 0 Å². The van der Waals surface area contributed by atoms with Gasteiger partial charge in [-0.1, -0.05) is 29.3 Å². The fourth-order valence-electron chi connectivity index (χ4n) is 2.50. The Balaban J connectivity index is 1.90. The number of esters is 1. The third-order valence-electron chi connectivity index (χ3n) is 3.79. The van der Waals surface area contributed by atoms with Gasteiger partial charge in [0.25, 0.3) is 0 Å². The van der Waals surface area contributed by atoms with Crippen molar-refractivity contribution in [3.8, 4) is 0 Å². The van der Waals surface area contributed by atoms with Crippen molar-refractivity contribution in [1.82, 2.24) is 4.90 Å². The van der Waals surface area contributed by atoms with Gasteiger partial charge in [-0.25, -0.2) is 0 Å². The van der Waals surface area contributed by atoms with Crippen LogP contribution in [0.3, 0.4) is 0 Å². The second-order valence-corrected chi connectivity index (χ2v) is 6.19. The van der Waals surface area contributed by atoms with Gasteiger partial charge in [0.2, 0.25) is 5.91 Å². The molecule has 2 rings (SSSR count). The first-order valence-corrected chi connectivity index (χ1v) is 8.35. The lowest BCUT2D eigenvalue weighted by molar-refractivity contribution is -0.150. The minimum absolute atomic E-state index is 0.0849. The van der Waals surface area contributed by atoms with Crippen LogP contribution in [0.25, 0.3) is 6.08 Å². The van der Waals surface area contributed by atoms with Crippen molar-refractivity contribution in [3.63, 3.8) is 0 Å². The van der Waals surface area contributed by atoms with Gasteiger partial charge in [-0.05, 0) is 43.5 Å². The van der Waals surface area contributed by atoms with Crippen molar-refractivity contribution in [2.45, 2.75) is 19.8 Å². The maximum atomic E-state index is 12.2. The topological polar surface area (TPSA) is 46.6 Å². The molecule has 4 nitrogen and oxygen atoms in total. The quantitative estimate of drug-likeness (QED) is 0.609. The number of hydrogen-bond donors (Lipinski definition) is 0. The summed E-state index contributed by atoms with van der Waals surface area (Å²) in [5.74, 6) is -0.352. The van der Waals surface area contributed by atoms with Gasteiger partial charge in [-0.2, -0.15) is 0 Å². The Hall–Kier alpha value is -1.52. The Bertz CT molecular complexity index is 608. The molecule has 6 heteroatoms. The van der Waals surface area contributed by atoms with E-state index in [1.54, 1.807) is 36.1 Å². The van der Waals surface area contributed by atoms with Gasteiger partial charge >= 0.3 is 5.97 Å². The number of piperidine rings is 1. The third-order valence-corrected chi connectivity index (χ3v) is 4.36. The van der Waals surface area contributed by atoms with Crippen molar-refractivity contribution in [2.24, 2.45) is 5.92 Å². The Morgan fingerprint density at radius 1 is 1.30 bits per heavy atom. The molecular formula is C17H19Cl2NO3. The highest BCUT2D eigenvalue weighted by Gasteiger charge is 2.27. The largest absolute Gasteiger partial charge is 0.466 e. The van der Waals surface area contributed by atoms with Crippen molar-refractivity contribution >= 4 is 41.2 Å². The molecule has 0 spiro atoms. The SMILES string of the molecule is CCOC(=O)C1CCN(C(=O)/C=C/c2ccc(Cl)cc2Cl)CC1. The molecule has 1 aromatic carbocycles. The van der Waals surface area contributed by atoms with Gasteiger partial charge in [0.15, 0.2) is 0 Å². The summed E-state index contributed by atoms with van der Waals surface area (Å²) in [5.41, 5.74) is 0.742. The van der Waals surface area contributed by atoms with Crippen LogP contribution in [0.1, 0.15) is 25.3 Å². The monoisotopic (exact) mass is 355 g/mol. The van der Waals surface area contributed by atoms with Crippen LogP contribution >= 0.6 is 23.2 Å². The summed E-state index contributed by atoms with van der Waals surface area (Å²) >= 11 is 11.9. The highest BCUT2D eigenvalue weighted by molar-refractivity contribution is 6.35. The Morgan fingerprint density at radius 3 is 2.61 bits per heavy atom. The van der Waals surface area contributed by atoms with E-state index >= 15 is 0 Å². The predicted octanol–water partition coefficient (Wildman–Crippen LogP) is 3.81. The number of halogens is 2. The van der Waals surface area contributed by atoms with Gasteiger partial charge in [0.05, 0.1) is 12.5 Å². The molecular weight excluding hydrogens is 337 g/mol. The molecule has 0 radical (unpaired) electrons. The number of likely N-dealkylation sites (tertiary alicyclic amines) is 1. The fraction of sp³-hybridized carbons (Fsp3) is 0.412. The van der Waals surface area contributed by atoms with Crippen molar-refractivity contribution in [3.05, 3.63) is 39.9 Å². The van der Waals surface area contributed by atoms with Crippen LogP contribution in [0.2, 0.25) is 10.0 Å². The zero-order valence-electron chi connectivity index (χ0n) is 12.9. The van der Waals surface area contributed by atoms with E-state index in [0.717, 1.165) is 5.56 Å². The number of amides is 1. The second kappa shape index (κ2) is 8.37. The number of hydrogen-bond acceptors (Lipinski definition) is 3. The molecule has 1 fully saturated rings. The molecule has 1 amide bonds. The zero-order valence-corrected chi connectivity index (χ0v) is 14.4. The molecule has 0 atom stereocenters. The van der Waals surface area contributed by atoms with Crippen LogP contribution in [0.4, 0.5) is 0 Å². The highest BCUT2D eigenvalue weighted by atomic mass is 35.5. The smallest absolute Gasteiger partial charge is 0.309 e. The minimum Gasteiger partial charge on any atom is -0.466 e. The number of benzene rings is 1. The number of rotatable bonds is 4. The van der Waals surface area contributed by atoms with Gasteiger partial charge in [-0.15, -0.1) is 0 Å². The first kappa shape index (κ1) is 17.8. The lowest BCUT2D eigenvalue weighted by atomic mass is 9.97. The molecule has 0 bridgehead atoms. The normalized spacial score (nSPS) is 15.9. The van der Waals surface area contributed by atoms with E-state index in [1.807, 2.05) is 0 Å². The minimum atomic E-state index is -0.164. The summed E-state index contributed by atoms with van der Waals surface area (Å²) in [6.07, 6.45) is 4.46. The van der Waals surface area contributed by atoms with Gasteiger partial charge < -0.3 is 9.64 Å². The average Bonchev–Trinajstić information content (AvgIpc) is 2.54. The van der Waals surface area contributed by atoms with E-state index in [2.05, 4.69) is 0 Å². The Morgan fingerprint density at radius 2 is 2.00 bits per heavy atom. The standard InChI is InChI=1S/C17H19Cl2NO3/c1-2-23-17(22)13-7-9-20(10-8-13)16(21)6-4-12-3-5-14(18)11-15(12)19/h3-6,11,13H,2,7-10H2,1H3/b6-4+. The van der Waals surface area contributed by atoms with E-state index in [0.29, 0.717) is 42.6 Å². The molecule has 0 N–H and O–H groups in total. The van der Waals surface area contributed by atoms with E-state index in [4.69, 9.17) is 27.9 Å². The molecule has 1 aliphatic heterocycles. The van der Waals surface area contributed by atoms with Crippen LogP contribution in [0, 0.1) is 5.92 Å². The summed E-state index contributed by atoms with van der Waals surface area (Å²) in [6.45, 7) is 3.30. The van der Waals surface area contributed by atoms with Crippen molar-refractivity contribution < 1.29 is 14.3 Å². The molecule has 1 aromatic rings. The number of carbonyl (C=O) groups excluding carboxylic acids is 2. The summed E-state index contributed by atoms with van der Waals surface area (Å²) in [4.78, 5) is 25.6. The lowest BCUT2D eigenvalue weighted by Crippen LogP contribution is -2.39. The molecule has 23 heavy (non-hydrogen) atoms. The summed E-state index contributed by atoms with van der Waals surface area (Å²) in [5, 5.41) is 1.06. The predicted molar refractivity (Wildman–Crippen MR) is 91.4 cm³/mol. The lowest BCUT2D eigenvalue weighted by Gasteiger charge is -2.30.